The zero-order chi connectivity index (χ0) is 14.5. The maximum Gasteiger partial charge on any atom is 0.110 e. The molecule has 6 heteroatoms. The summed E-state index contributed by atoms with van der Waals surface area (Å²) in [6.45, 7) is 3.08. The van der Waals surface area contributed by atoms with Gasteiger partial charge in [-0.15, -0.1) is 0 Å². The summed E-state index contributed by atoms with van der Waals surface area (Å²) in [7, 11) is 0. The van der Waals surface area contributed by atoms with Crippen LogP contribution in [0.1, 0.15) is 30.8 Å². The Morgan fingerprint density at radius 2 is 2.20 bits per heavy atom. The molecule has 2 rings (SSSR count). The maximum atomic E-state index is 6.24. The molecule has 0 bridgehead atoms. The summed E-state index contributed by atoms with van der Waals surface area (Å²) < 4.78 is 2.13. The van der Waals surface area contributed by atoms with E-state index in [1.54, 1.807) is 6.07 Å². The quantitative estimate of drug-likeness (QED) is 0.635. The van der Waals surface area contributed by atoms with Gasteiger partial charge in [0.1, 0.15) is 5.82 Å². The Kier molecular flexibility index (Phi) is 5.43. The molecule has 0 fully saturated rings. The van der Waals surface area contributed by atoms with Crippen LogP contribution in [0, 0.1) is 0 Å². The number of benzene rings is 1. The zero-order valence-corrected chi connectivity index (χ0v) is 12.8. The Bertz CT molecular complexity index is 568. The van der Waals surface area contributed by atoms with Gasteiger partial charge in [-0.3, -0.25) is 11.3 Å². The highest BCUT2D eigenvalue weighted by Crippen LogP contribution is 2.27. The number of aromatic nitrogens is 2. The molecule has 0 aliphatic heterocycles. The van der Waals surface area contributed by atoms with Crippen LogP contribution in [0.4, 0.5) is 0 Å². The lowest BCUT2D eigenvalue weighted by Gasteiger charge is -2.18. The highest BCUT2D eigenvalue weighted by Gasteiger charge is 2.16. The summed E-state index contributed by atoms with van der Waals surface area (Å²) >= 11 is 12.2. The van der Waals surface area contributed by atoms with E-state index in [4.69, 9.17) is 29.0 Å². The van der Waals surface area contributed by atoms with E-state index in [-0.39, 0.29) is 6.04 Å². The first kappa shape index (κ1) is 15.3. The van der Waals surface area contributed by atoms with Crippen LogP contribution in [0.25, 0.3) is 0 Å². The molecule has 1 unspecified atom stereocenters. The fraction of sp³-hybridized carbons (Fsp3) is 0.357. The Morgan fingerprint density at radius 1 is 1.40 bits per heavy atom. The number of aryl methyl sites for hydroxylation is 1. The lowest BCUT2D eigenvalue weighted by molar-refractivity contribution is 0.517. The molecule has 4 nitrogen and oxygen atoms in total. The van der Waals surface area contributed by atoms with Crippen molar-refractivity contribution in [2.75, 3.05) is 0 Å². The van der Waals surface area contributed by atoms with Crippen LogP contribution in [0.15, 0.2) is 30.6 Å². The fourth-order valence-corrected chi connectivity index (χ4v) is 2.74. The van der Waals surface area contributed by atoms with E-state index in [0.29, 0.717) is 16.5 Å². The van der Waals surface area contributed by atoms with Crippen LogP contribution < -0.4 is 11.3 Å². The minimum atomic E-state index is -0.0993. The van der Waals surface area contributed by atoms with Gasteiger partial charge in [0, 0.05) is 35.4 Å². The molecule has 1 heterocycles. The Labute approximate surface area is 128 Å². The van der Waals surface area contributed by atoms with Crippen LogP contribution in [0.2, 0.25) is 10.0 Å². The van der Waals surface area contributed by atoms with Gasteiger partial charge in [0.15, 0.2) is 0 Å². The van der Waals surface area contributed by atoms with Gasteiger partial charge in [0.05, 0.1) is 6.04 Å². The van der Waals surface area contributed by atoms with Crippen LogP contribution in [0.3, 0.4) is 0 Å². The lowest BCUT2D eigenvalue weighted by atomic mass is 10.0. The predicted octanol–water partition coefficient (Wildman–Crippen LogP) is 3.35. The standard InChI is InChI=1S/C14H18Cl2N4/c1-2-6-20-7-5-18-14(20)9-13(19-17)11-4-3-10(15)8-12(11)16/h3-5,7-8,13,19H,2,6,9,17H2,1H3. The fourth-order valence-electron chi connectivity index (χ4n) is 2.20. The first-order valence-electron chi connectivity index (χ1n) is 6.56. The largest absolute Gasteiger partial charge is 0.335 e. The van der Waals surface area contributed by atoms with Gasteiger partial charge in [0.25, 0.3) is 0 Å². The minimum absolute atomic E-state index is 0.0993. The predicted molar refractivity (Wildman–Crippen MR) is 82.7 cm³/mol. The molecule has 0 aliphatic carbocycles. The monoisotopic (exact) mass is 312 g/mol. The Balaban J connectivity index is 2.22. The SMILES string of the molecule is CCCn1ccnc1CC(NN)c1ccc(Cl)cc1Cl. The van der Waals surface area contributed by atoms with E-state index < -0.39 is 0 Å². The molecule has 0 saturated carbocycles. The third-order valence-electron chi connectivity index (χ3n) is 3.19. The van der Waals surface area contributed by atoms with Crippen molar-refractivity contribution in [3.8, 4) is 0 Å². The topological polar surface area (TPSA) is 55.9 Å². The third-order valence-corrected chi connectivity index (χ3v) is 3.75. The summed E-state index contributed by atoms with van der Waals surface area (Å²) in [4.78, 5) is 4.39. The van der Waals surface area contributed by atoms with Crippen molar-refractivity contribution in [3.63, 3.8) is 0 Å². The molecule has 0 amide bonds. The van der Waals surface area contributed by atoms with Gasteiger partial charge < -0.3 is 4.57 Å². The normalized spacial score (nSPS) is 12.6. The van der Waals surface area contributed by atoms with Crippen molar-refractivity contribution >= 4 is 23.2 Å². The second-order valence-corrected chi connectivity index (χ2v) is 5.47. The van der Waals surface area contributed by atoms with E-state index in [9.17, 15) is 0 Å². The van der Waals surface area contributed by atoms with Crippen molar-refractivity contribution in [1.82, 2.24) is 15.0 Å². The first-order chi connectivity index (χ1) is 9.65. The van der Waals surface area contributed by atoms with Crippen LogP contribution in [-0.4, -0.2) is 9.55 Å². The number of hydrazine groups is 1. The summed E-state index contributed by atoms with van der Waals surface area (Å²) in [5.74, 6) is 6.66. The van der Waals surface area contributed by atoms with Gasteiger partial charge in [-0.1, -0.05) is 36.2 Å². The van der Waals surface area contributed by atoms with Crippen molar-refractivity contribution in [3.05, 3.63) is 52.0 Å². The molecule has 0 spiro atoms. The van der Waals surface area contributed by atoms with Gasteiger partial charge in [-0.2, -0.15) is 0 Å². The number of nitrogens with two attached hydrogens (primary N) is 1. The molecule has 2 aromatic rings. The summed E-state index contributed by atoms with van der Waals surface area (Å²) in [6, 6.07) is 5.33. The molecule has 3 N–H and O–H groups in total. The second-order valence-electron chi connectivity index (χ2n) is 4.63. The molecule has 0 radical (unpaired) electrons. The number of hydrogen-bond acceptors (Lipinski definition) is 3. The van der Waals surface area contributed by atoms with E-state index in [2.05, 4.69) is 21.9 Å². The van der Waals surface area contributed by atoms with Crippen molar-refractivity contribution in [2.45, 2.75) is 32.4 Å². The maximum absolute atomic E-state index is 6.24. The number of imidazole rings is 1. The smallest absolute Gasteiger partial charge is 0.110 e. The van der Waals surface area contributed by atoms with E-state index >= 15 is 0 Å². The summed E-state index contributed by atoms with van der Waals surface area (Å²) in [5, 5.41) is 1.22. The van der Waals surface area contributed by atoms with Crippen molar-refractivity contribution in [2.24, 2.45) is 5.84 Å². The van der Waals surface area contributed by atoms with Gasteiger partial charge in [0.2, 0.25) is 0 Å². The summed E-state index contributed by atoms with van der Waals surface area (Å²) in [5.41, 5.74) is 3.73. The molecule has 1 atom stereocenters. The van der Waals surface area contributed by atoms with E-state index in [1.807, 2.05) is 24.5 Å². The highest BCUT2D eigenvalue weighted by atomic mass is 35.5. The molecule has 0 aliphatic rings. The average molecular weight is 313 g/mol. The highest BCUT2D eigenvalue weighted by molar-refractivity contribution is 6.35. The van der Waals surface area contributed by atoms with Crippen molar-refractivity contribution < 1.29 is 0 Å². The molecule has 1 aromatic carbocycles. The third kappa shape index (κ3) is 3.52. The average Bonchev–Trinajstić information content (AvgIpc) is 2.84. The molecular formula is C14H18Cl2N4. The summed E-state index contributed by atoms with van der Waals surface area (Å²) in [6.07, 6.45) is 5.52. The Morgan fingerprint density at radius 3 is 2.85 bits per heavy atom. The van der Waals surface area contributed by atoms with E-state index in [0.717, 1.165) is 24.4 Å². The number of nitrogens with zero attached hydrogens (tertiary/aromatic N) is 2. The van der Waals surface area contributed by atoms with Gasteiger partial charge in [-0.05, 0) is 24.1 Å². The molecule has 1 aromatic heterocycles. The lowest BCUT2D eigenvalue weighted by Crippen LogP contribution is -2.30. The van der Waals surface area contributed by atoms with Crippen LogP contribution >= 0.6 is 23.2 Å². The number of nitrogens with one attached hydrogen (secondary N) is 1. The first-order valence-corrected chi connectivity index (χ1v) is 7.32. The number of rotatable bonds is 6. The van der Waals surface area contributed by atoms with Gasteiger partial charge in [-0.25, -0.2) is 4.98 Å². The van der Waals surface area contributed by atoms with Crippen LogP contribution in [-0.2, 0) is 13.0 Å². The number of hydrogen-bond donors (Lipinski definition) is 2. The molecule has 20 heavy (non-hydrogen) atoms. The van der Waals surface area contributed by atoms with Crippen LogP contribution in [0.5, 0.6) is 0 Å². The number of halogens is 2. The zero-order valence-electron chi connectivity index (χ0n) is 11.3. The van der Waals surface area contributed by atoms with Gasteiger partial charge >= 0.3 is 0 Å². The Hall–Kier alpha value is -1.07. The van der Waals surface area contributed by atoms with E-state index in [1.165, 1.54) is 0 Å². The van der Waals surface area contributed by atoms with Crippen molar-refractivity contribution in [1.29, 1.82) is 0 Å². The minimum Gasteiger partial charge on any atom is -0.335 e. The molecule has 108 valence electrons. The molecule has 0 saturated heterocycles. The molecular weight excluding hydrogens is 295 g/mol. The second kappa shape index (κ2) is 7.09.